The number of rotatable bonds is 3. The van der Waals surface area contributed by atoms with Crippen molar-refractivity contribution in [2.24, 2.45) is 0 Å². The van der Waals surface area contributed by atoms with Gasteiger partial charge in [0.2, 0.25) is 5.91 Å². The van der Waals surface area contributed by atoms with E-state index in [2.05, 4.69) is 15.6 Å². The molecule has 0 saturated heterocycles. The number of nitrogens with zero attached hydrogens (tertiary/aromatic N) is 1. The second kappa shape index (κ2) is 4.88. The Morgan fingerprint density at radius 3 is 3.06 bits per heavy atom. The van der Waals surface area contributed by atoms with Gasteiger partial charge < -0.3 is 10.6 Å². The van der Waals surface area contributed by atoms with Crippen molar-refractivity contribution >= 4 is 22.4 Å². The minimum atomic E-state index is -0.398. The zero-order valence-corrected chi connectivity index (χ0v) is 9.33. The van der Waals surface area contributed by atoms with Gasteiger partial charge in [0.1, 0.15) is 5.82 Å². The maximum atomic E-state index is 13.3. The molecule has 88 valence electrons. The van der Waals surface area contributed by atoms with E-state index in [9.17, 15) is 9.18 Å². The Hall–Kier alpha value is -2.01. The number of anilines is 1. The van der Waals surface area contributed by atoms with Crippen molar-refractivity contribution in [1.29, 1.82) is 0 Å². The zero-order chi connectivity index (χ0) is 12.3. The number of likely N-dealkylation sites (N-methyl/N-ethyl adjacent to an activating group) is 1. The summed E-state index contributed by atoms with van der Waals surface area (Å²) in [5.41, 5.74) is 0.461. The lowest BCUT2D eigenvalue weighted by Gasteiger charge is -2.08. The average molecular weight is 233 g/mol. The molecule has 1 aromatic heterocycles. The van der Waals surface area contributed by atoms with Crippen LogP contribution in [-0.4, -0.2) is 24.5 Å². The van der Waals surface area contributed by atoms with E-state index in [-0.39, 0.29) is 12.5 Å². The van der Waals surface area contributed by atoms with Crippen LogP contribution in [0.2, 0.25) is 0 Å². The van der Waals surface area contributed by atoms with Gasteiger partial charge in [0.15, 0.2) is 0 Å². The van der Waals surface area contributed by atoms with E-state index in [1.807, 2.05) is 0 Å². The van der Waals surface area contributed by atoms with E-state index in [1.165, 1.54) is 12.1 Å². The molecular formula is C12H12FN3O. The molecule has 0 saturated carbocycles. The first kappa shape index (κ1) is 11.5. The number of benzene rings is 1. The number of fused-ring (bicyclic) bond motifs is 1. The summed E-state index contributed by atoms with van der Waals surface area (Å²) in [6, 6.07) is 4.43. The molecule has 1 aromatic carbocycles. The normalized spacial score (nSPS) is 10.5. The Bertz CT molecular complexity index is 556. The van der Waals surface area contributed by atoms with Crippen LogP contribution in [0.1, 0.15) is 0 Å². The lowest BCUT2D eigenvalue weighted by molar-refractivity contribution is -0.115. The van der Waals surface area contributed by atoms with Gasteiger partial charge in [0.25, 0.3) is 0 Å². The van der Waals surface area contributed by atoms with Crippen molar-refractivity contribution in [3.63, 3.8) is 0 Å². The van der Waals surface area contributed by atoms with E-state index in [0.717, 1.165) is 5.39 Å². The van der Waals surface area contributed by atoms with Crippen molar-refractivity contribution in [3.05, 3.63) is 36.4 Å². The van der Waals surface area contributed by atoms with Gasteiger partial charge in [-0.3, -0.25) is 9.78 Å². The monoisotopic (exact) mass is 233 g/mol. The Kier molecular flexibility index (Phi) is 3.30. The van der Waals surface area contributed by atoms with Crippen LogP contribution >= 0.6 is 0 Å². The minimum Gasteiger partial charge on any atom is -0.324 e. The Labute approximate surface area is 97.9 Å². The molecule has 5 heteroatoms. The van der Waals surface area contributed by atoms with Crippen molar-refractivity contribution < 1.29 is 9.18 Å². The Morgan fingerprint density at radius 2 is 2.29 bits per heavy atom. The van der Waals surface area contributed by atoms with Crippen molar-refractivity contribution in [3.8, 4) is 0 Å². The van der Waals surface area contributed by atoms with Crippen molar-refractivity contribution in [2.75, 3.05) is 18.9 Å². The first-order valence-electron chi connectivity index (χ1n) is 5.18. The standard InChI is InChI=1S/C12H12FN3O/c1-14-7-12(17)16-11-5-9(13)4-8-6-15-3-2-10(8)11/h2-6,14H,7H2,1H3,(H,16,17). The molecule has 1 heterocycles. The molecule has 0 spiro atoms. The maximum Gasteiger partial charge on any atom is 0.238 e. The summed E-state index contributed by atoms with van der Waals surface area (Å²) in [6.07, 6.45) is 3.17. The second-order valence-electron chi connectivity index (χ2n) is 3.63. The summed E-state index contributed by atoms with van der Waals surface area (Å²) in [7, 11) is 1.67. The van der Waals surface area contributed by atoms with Gasteiger partial charge in [0.05, 0.1) is 12.2 Å². The van der Waals surface area contributed by atoms with Gasteiger partial charge in [-0.2, -0.15) is 0 Å². The van der Waals surface area contributed by atoms with E-state index in [4.69, 9.17) is 0 Å². The molecule has 0 aliphatic rings. The summed E-state index contributed by atoms with van der Waals surface area (Å²) in [4.78, 5) is 15.4. The number of aromatic nitrogens is 1. The third-order valence-corrected chi connectivity index (χ3v) is 2.33. The predicted octanol–water partition coefficient (Wildman–Crippen LogP) is 1.53. The summed E-state index contributed by atoms with van der Waals surface area (Å²) in [6.45, 7) is 0.184. The summed E-state index contributed by atoms with van der Waals surface area (Å²) < 4.78 is 13.3. The quantitative estimate of drug-likeness (QED) is 0.845. The number of hydrogen-bond donors (Lipinski definition) is 2. The first-order chi connectivity index (χ1) is 8.20. The highest BCUT2D eigenvalue weighted by Gasteiger charge is 2.07. The van der Waals surface area contributed by atoms with E-state index >= 15 is 0 Å². The van der Waals surface area contributed by atoms with Gasteiger partial charge in [-0.05, 0) is 25.2 Å². The van der Waals surface area contributed by atoms with Gasteiger partial charge in [-0.15, -0.1) is 0 Å². The average Bonchev–Trinajstić information content (AvgIpc) is 2.29. The lowest BCUT2D eigenvalue weighted by atomic mass is 10.1. The fraction of sp³-hybridized carbons (Fsp3) is 0.167. The maximum absolute atomic E-state index is 13.3. The highest BCUT2D eigenvalue weighted by atomic mass is 19.1. The highest BCUT2D eigenvalue weighted by molar-refractivity contribution is 6.02. The number of nitrogens with one attached hydrogen (secondary N) is 2. The number of pyridine rings is 1. The predicted molar refractivity (Wildman–Crippen MR) is 64.3 cm³/mol. The Balaban J connectivity index is 2.42. The number of hydrogen-bond acceptors (Lipinski definition) is 3. The van der Waals surface area contributed by atoms with Gasteiger partial charge in [-0.25, -0.2) is 4.39 Å². The SMILES string of the molecule is CNCC(=O)Nc1cc(F)cc2cnccc12. The number of carbonyl (C=O) groups is 1. The molecule has 4 nitrogen and oxygen atoms in total. The fourth-order valence-electron chi connectivity index (χ4n) is 1.63. The van der Waals surface area contributed by atoms with E-state index < -0.39 is 5.82 Å². The van der Waals surface area contributed by atoms with E-state index in [1.54, 1.807) is 25.5 Å². The molecule has 0 atom stereocenters. The van der Waals surface area contributed by atoms with Gasteiger partial charge >= 0.3 is 0 Å². The molecule has 0 bridgehead atoms. The fourth-order valence-corrected chi connectivity index (χ4v) is 1.63. The molecular weight excluding hydrogens is 221 g/mol. The Morgan fingerprint density at radius 1 is 1.47 bits per heavy atom. The van der Waals surface area contributed by atoms with Gasteiger partial charge in [0, 0.05) is 23.2 Å². The molecule has 0 fully saturated rings. The van der Waals surface area contributed by atoms with Crippen LogP contribution in [0.4, 0.5) is 10.1 Å². The van der Waals surface area contributed by atoms with Crippen LogP contribution in [0.15, 0.2) is 30.6 Å². The van der Waals surface area contributed by atoms with E-state index in [0.29, 0.717) is 11.1 Å². The second-order valence-corrected chi connectivity index (χ2v) is 3.63. The molecule has 0 aliphatic carbocycles. The molecule has 2 N–H and O–H groups in total. The molecule has 17 heavy (non-hydrogen) atoms. The molecule has 0 aliphatic heterocycles. The van der Waals surface area contributed by atoms with Crippen LogP contribution in [0, 0.1) is 5.82 Å². The molecule has 0 unspecified atom stereocenters. The minimum absolute atomic E-state index is 0.184. The molecule has 2 rings (SSSR count). The van der Waals surface area contributed by atoms with Crippen LogP contribution in [0.5, 0.6) is 0 Å². The number of amides is 1. The number of carbonyl (C=O) groups excluding carboxylic acids is 1. The highest BCUT2D eigenvalue weighted by Crippen LogP contribution is 2.23. The smallest absolute Gasteiger partial charge is 0.238 e. The van der Waals surface area contributed by atoms with Crippen LogP contribution in [0.25, 0.3) is 10.8 Å². The zero-order valence-electron chi connectivity index (χ0n) is 9.33. The number of halogens is 1. The van der Waals surface area contributed by atoms with Crippen molar-refractivity contribution in [2.45, 2.75) is 0 Å². The third-order valence-electron chi connectivity index (χ3n) is 2.33. The van der Waals surface area contributed by atoms with Gasteiger partial charge in [-0.1, -0.05) is 0 Å². The summed E-state index contributed by atoms with van der Waals surface area (Å²) in [5.74, 6) is -0.610. The van der Waals surface area contributed by atoms with Crippen LogP contribution < -0.4 is 10.6 Å². The molecule has 1 amide bonds. The topological polar surface area (TPSA) is 54.0 Å². The summed E-state index contributed by atoms with van der Waals surface area (Å²) >= 11 is 0. The first-order valence-corrected chi connectivity index (χ1v) is 5.18. The largest absolute Gasteiger partial charge is 0.324 e. The molecule has 0 radical (unpaired) electrons. The van der Waals surface area contributed by atoms with Crippen LogP contribution in [0.3, 0.4) is 0 Å². The molecule has 2 aromatic rings. The lowest BCUT2D eigenvalue weighted by Crippen LogP contribution is -2.25. The third kappa shape index (κ3) is 2.57. The van der Waals surface area contributed by atoms with Crippen LogP contribution in [-0.2, 0) is 4.79 Å². The van der Waals surface area contributed by atoms with Crippen molar-refractivity contribution in [1.82, 2.24) is 10.3 Å². The summed E-state index contributed by atoms with van der Waals surface area (Å²) in [5, 5.41) is 6.82.